The van der Waals surface area contributed by atoms with E-state index in [0.717, 1.165) is 36.8 Å². The molecule has 1 amide bonds. The minimum Gasteiger partial charge on any atom is -0.388 e. The zero-order valence-electron chi connectivity index (χ0n) is 10.6. The summed E-state index contributed by atoms with van der Waals surface area (Å²) >= 11 is 0. The van der Waals surface area contributed by atoms with E-state index in [0.29, 0.717) is 6.54 Å². The Morgan fingerprint density at radius 2 is 1.83 bits per heavy atom. The molecule has 0 heterocycles. The lowest BCUT2D eigenvalue weighted by Crippen LogP contribution is -2.13. The second kappa shape index (κ2) is 7.84. The number of primary amides is 1. The minimum atomic E-state index is -0.439. The number of unbranched alkanes of at least 4 members (excludes halogenated alkanes) is 2. The second-order valence-electron chi connectivity index (χ2n) is 4.54. The predicted octanol–water partition coefficient (Wildman–Crippen LogP) is 1.27. The highest BCUT2D eigenvalue weighted by atomic mass is 16.3. The molecule has 0 spiro atoms. The molecule has 1 rings (SSSR count). The van der Waals surface area contributed by atoms with Crippen LogP contribution in [0, 0.1) is 0 Å². The molecule has 0 saturated heterocycles. The molecule has 1 aromatic carbocycles. The van der Waals surface area contributed by atoms with Gasteiger partial charge in [0.15, 0.2) is 0 Å². The molecule has 0 aromatic heterocycles. The molecule has 0 radical (unpaired) electrons. The van der Waals surface area contributed by atoms with E-state index in [1.54, 1.807) is 0 Å². The highest BCUT2D eigenvalue weighted by molar-refractivity contribution is 5.76. The van der Waals surface area contributed by atoms with Crippen molar-refractivity contribution in [1.82, 2.24) is 0 Å². The molecule has 0 aliphatic rings. The maximum atomic E-state index is 10.8. The third-order valence-corrected chi connectivity index (χ3v) is 2.92. The minimum absolute atomic E-state index is 0.243. The first kappa shape index (κ1) is 14.7. The van der Waals surface area contributed by atoms with Crippen LogP contribution in [-0.2, 0) is 11.2 Å². The quantitative estimate of drug-likeness (QED) is 0.607. The number of aliphatic hydroxyl groups excluding tert-OH is 1. The summed E-state index contributed by atoms with van der Waals surface area (Å²) in [5.41, 5.74) is 12.3. The van der Waals surface area contributed by atoms with E-state index in [-0.39, 0.29) is 12.3 Å². The van der Waals surface area contributed by atoms with E-state index < -0.39 is 6.10 Å². The number of aliphatic hydroxyl groups is 1. The largest absolute Gasteiger partial charge is 0.388 e. The number of hydrogen-bond acceptors (Lipinski definition) is 3. The number of hydrogen-bond donors (Lipinski definition) is 3. The molecule has 5 N–H and O–H groups in total. The Morgan fingerprint density at radius 3 is 2.39 bits per heavy atom. The van der Waals surface area contributed by atoms with Crippen molar-refractivity contribution >= 4 is 5.91 Å². The Labute approximate surface area is 108 Å². The lowest BCUT2D eigenvalue weighted by molar-refractivity contribution is -0.117. The Balaban J connectivity index is 2.43. The molecular weight excluding hydrogens is 228 g/mol. The van der Waals surface area contributed by atoms with Crippen molar-refractivity contribution in [3.05, 3.63) is 35.4 Å². The summed E-state index contributed by atoms with van der Waals surface area (Å²) in [5.74, 6) is -0.343. The standard InChI is InChI=1S/C14H22N2O2/c15-9-3-1-2-4-13(17)12-7-5-11(6-8-12)10-14(16)18/h5-8,13,17H,1-4,9-10,15H2,(H2,16,18). The van der Waals surface area contributed by atoms with E-state index in [1.807, 2.05) is 24.3 Å². The van der Waals surface area contributed by atoms with Crippen LogP contribution in [0.4, 0.5) is 0 Å². The third kappa shape index (κ3) is 5.29. The van der Waals surface area contributed by atoms with E-state index >= 15 is 0 Å². The molecule has 4 heteroatoms. The Bertz CT molecular complexity index is 363. The maximum absolute atomic E-state index is 10.8. The maximum Gasteiger partial charge on any atom is 0.221 e. The number of benzene rings is 1. The summed E-state index contributed by atoms with van der Waals surface area (Å²) in [6.07, 6.45) is 3.58. The third-order valence-electron chi connectivity index (χ3n) is 2.92. The van der Waals surface area contributed by atoms with Crippen molar-refractivity contribution in [1.29, 1.82) is 0 Å². The van der Waals surface area contributed by atoms with Gasteiger partial charge in [0.05, 0.1) is 12.5 Å². The number of carbonyl (C=O) groups is 1. The van der Waals surface area contributed by atoms with Crippen LogP contribution in [0.25, 0.3) is 0 Å². The normalized spacial score (nSPS) is 12.3. The van der Waals surface area contributed by atoms with Gasteiger partial charge in [-0.3, -0.25) is 4.79 Å². The van der Waals surface area contributed by atoms with Crippen molar-refractivity contribution in [2.45, 2.75) is 38.2 Å². The van der Waals surface area contributed by atoms with E-state index in [2.05, 4.69) is 0 Å². The molecule has 1 unspecified atom stereocenters. The Hall–Kier alpha value is -1.39. The number of nitrogens with two attached hydrogens (primary N) is 2. The molecule has 0 fully saturated rings. The fourth-order valence-electron chi connectivity index (χ4n) is 1.88. The molecule has 1 aromatic rings. The van der Waals surface area contributed by atoms with Crippen LogP contribution >= 0.6 is 0 Å². The molecule has 18 heavy (non-hydrogen) atoms. The Morgan fingerprint density at radius 1 is 1.17 bits per heavy atom. The van der Waals surface area contributed by atoms with Gasteiger partial charge in [-0.05, 0) is 30.5 Å². The van der Waals surface area contributed by atoms with Crippen LogP contribution in [-0.4, -0.2) is 17.6 Å². The second-order valence-corrected chi connectivity index (χ2v) is 4.54. The predicted molar refractivity (Wildman–Crippen MR) is 71.8 cm³/mol. The molecule has 0 bridgehead atoms. The average Bonchev–Trinajstić information content (AvgIpc) is 2.34. The molecule has 0 aliphatic carbocycles. The van der Waals surface area contributed by atoms with Crippen LogP contribution in [0.3, 0.4) is 0 Å². The fourth-order valence-corrected chi connectivity index (χ4v) is 1.88. The molecule has 0 aliphatic heterocycles. The van der Waals surface area contributed by atoms with Gasteiger partial charge < -0.3 is 16.6 Å². The molecule has 1 atom stereocenters. The van der Waals surface area contributed by atoms with Gasteiger partial charge in [0.25, 0.3) is 0 Å². The van der Waals surface area contributed by atoms with Gasteiger partial charge >= 0.3 is 0 Å². The summed E-state index contributed by atoms with van der Waals surface area (Å²) in [6.45, 7) is 0.706. The van der Waals surface area contributed by atoms with Crippen LogP contribution in [0.1, 0.15) is 42.9 Å². The van der Waals surface area contributed by atoms with Crippen LogP contribution < -0.4 is 11.5 Å². The van der Waals surface area contributed by atoms with Crippen molar-refractivity contribution in [3.8, 4) is 0 Å². The molecule has 100 valence electrons. The SMILES string of the molecule is NCCCCCC(O)c1ccc(CC(N)=O)cc1. The van der Waals surface area contributed by atoms with Crippen LogP contribution in [0.15, 0.2) is 24.3 Å². The zero-order chi connectivity index (χ0) is 13.4. The van der Waals surface area contributed by atoms with Gasteiger partial charge in [-0.1, -0.05) is 37.1 Å². The smallest absolute Gasteiger partial charge is 0.221 e. The van der Waals surface area contributed by atoms with Crippen molar-refractivity contribution in [3.63, 3.8) is 0 Å². The van der Waals surface area contributed by atoms with Gasteiger partial charge in [-0.2, -0.15) is 0 Å². The average molecular weight is 250 g/mol. The van der Waals surface area contributed by atoms with Crippen LogP contribution in [0.2, 0.25) is 0 Å². The molecule has 4 nitrogen and oxygen atoms in total. The van der Waals surface area contributed by atoms with Gasteiger partial charge in [0, 0.05) is 0 Å². The zero-order valence-corrected chi connectivity index (χ0v) is 10.6. The summed E-state index contributed by atoms with van der Waals surface area (Å²) in [7, 11) is 0. The lowest BCUT2D eigenvalue weighted by Gasteiger charge is -2.11. The van der Waals surface area contributed by atoms with Gasteiger partial charge in [-0.15, -0.1) is 0 Å². The first-order valence-electron chi connectivity index (χ1n) is 6.38. The van der Waals surface area contributed by atoms with Gasteiger partial charge in [0.2, 0.25) is 5.91 Å². The number of rotatable bonds is 8. The molecular formula is C14H22N2O2. The highest BCUT2D eigenvalue weighted by Crippen LogP contribution is 2.20. The fraction of sp³-hybridized carbons (Fsp3) is 0.500. The summed E-state index contributed by atoms with van der Waals surface area (Å²) in [4.78, 5) is 10.8. The molecule has 0 saturated carbocycles. The van der Waals surface area contributed by atoms with Crippen molar-refractivity contribution in [2.75, 3.05) is 6.54 Å². The highest BCUT2D eigenvalue weighted by Gasteiger charge is 2.07. The summed E-state index contributed by atoms with van der Waals surface area (Å²) in [6, 6.07) is 7.38. The first-order chi connectivity index (χ1) is 8.63. The van der Waals surface area contributed by atoms with Gasteiger partial charge in [-0.25, -0.2) is 0 Å². The van der Waals surface area contributed by atoms with E-state index in [4.69, 9.17) is 11.5 Å². The number of amides is 1. The van der Waals surface area contributed by atoms with Crippen molar-refractivity contribution in [2.24, 2.45) is 11.5 Å². The van der Waals surface area contributed by atoms with Gasteiger partial charge in [0.1, 0.15) is 0 Å². The topological polar surface area (TPSA) is 89.3 Å². The lowest BCUT2D eigenvalue weighted by atomic mass is 10.0. The number of carbonyl (C=O) groups excluding carboxylic acids is 1. The van der Waals surface area contributed by atoms with Crippen molar-refractivity contribution < 1.29 is 9.90 Å². The van der Waals surface area contributed by atoms with E-state index in [9.17, 15) is 9.90 Å². The summed E-state index contributed by atoms with van der Waals surface area (Å²) in [5, 5.41) is 9.97. The first-order valence-corrected chi connectivity index (χ1v) is 6.38. The monoisotopic (exact) mass is 250 g/mol. The van der Waals surface area contributed by atoms with Crippen LogP contribution in [0.5, 0.6) is 0 Å². The summed E-state index contributed by atoms with van der Waals surface area (Å²) < 4.78 is 0. The Kier molecular flexibility index (Phi) is 6.39. The van der Waals surface area contributed by atoms with E-state index in [1.165, 1.54) is 0 Å².